The van der Waals surface area contributed by atoms with E-state index in [1.165, 1.54) is 12.1 Å². The molecular weight excluding hydrogens is 394 g/mol. The molecule has 0 radical (unpaired) electrons. The first-order valence-corrected chi connectivity index (χ1v) is 10.5. The number of β-amino-alcohol motifs (C(OH)–C–C–N with tert-alkyl or cyclic N) is 1. The van der Waals surface area contributed by atoms with Crippen molar-refractivity contribution in [2.24, 2.45) is 0 Å². The maximum Gasteiger partial charge on any atom is 0.196 e. The lowest BCUT2D eigenvalue weighted by Crippen LogP contribution is -2.40. The van der Waals surface area contributed by atoms with Gasteiger partial charge in [0.05, 0.1) is 6.10 Å². The second-order valence-corrected chi connectivity index (χ2v) is 8.08. The molecule has 1 aliphatic heterocycles. The van der Waals surface area contributed by atoms with Gasteiger partial charge in [0.25, 0.3) is 0 Å². The Hall–Kier alpha value is -3.09. The van der Waals surface area contributed by atoms with Gasteiger partial charge in [0.2, 0.25) is 0 Å². The summed E-state index contributed by atoms with van der Waals surface area (Å²) < 4.78 is 11.9. The Kier molecular flexibility index (Phi) is 6.11. The van der Waals surface area contributed by atoms with Gasteiger partial charge < -0.3 is 24.3 Å². The van der Waals surface area contributed by atoms with E-state index < -0.39 is 6.10 Å². The molecule has 2 unspecified atom stereocenters. The third-order valence-corrected chi connectivity index (χ3v) is 5.71. The molecule has 6 heteroatoms. The van der Waals surface area contributed by atoms with Crippen LogP contribution >= 0.6 is 0 Å². The van der Waals surface area contributed by atoms with Crippen molar-refractivity contribution in [1.29, 1.82) is 0 Å². The van der Waals surface area contributed by atoms with E-state index in [4.69, 9.17) is 9.15 Å². The summed E-state index contributed by atoms with van der Waals surface area (Å²) >= 11 is 0. The summed E-state index contributed by atoms with van der Waals surface area (Å²) in [5.74, 6) is 0.418. The lowest BCUT2D eigenvalue weighted by molar-refractivity contribution is 0.0629. The SMILES string of the molecule is Cc1cc(=O)c2c(O)cc(OC/C=C/c3ccccc3)c(C3CCN(C)CC3O)c2o1. The van der Waals surface area contributed by atoms with Gasteiger partial charge in [-0.1, -0.05) is 36.4 Å². The number of aryl methyl sites for hydroxylation is 1. The van der Waals surface area contributed by atoms with Crippen molar-refractivity contribution < 1.29 is 19.4 Å². The third-order valence-electron chi connectivity index (χ3n) is 5.71. The van der Waals surface area contributed by atoms with Gasteiger partial charge >= 0.3 is 0 Å². The molecule has 4 rings (SSSR count). The van der Waals surface area contributed by atoms with Crippen LogP contribution in [0.1, 0.15) is 29.2 Å². The Morgan fingerprint density at radius 3 is 2.77 bits per heavy atom. The number of aliphatic hydroxyl groups is 1. The van der Waals surface area contributed by atoms with Crippen LogP contribution in [-0.4, -0.2) is 48.0 Å². The van der Waals surface area contributed by atoms with Gasteiger partial charge in [-0.25, -0.2) is 0 Å². The van der Waals surface area contributed by atoms with Crippen LogP contribution < -0.4 is 10.2 Å². The number of nitrogens with zero attached hydrogens (tertiary/aromatic N) is 1. The second-order valence-electron chi connectivity index (χ2n) is 8.08. The molecule has 3 aromatic rings. The van der Waals surface area contributed by atoms with Gasteiger partial charge in [-0.3, -0.25) is 4.79 Å². The van der Waals surface area contributed by atoms with Gasteiger partial charge in [-0.05, 0) is 38.6 Å². The minimum atomic E-state index is -0.639. The zero-order chi connectivity index (χ0) is 22.0. The van der Waals surface area contributed by atoms with Crippen molar-refractivity contribution >= 4 is 17.0 Å². The number of hydrogen-bond donors (Lipinski definition) is 2. The lowest BCUT2D eigenvalue weighted by Gasteiger charge is -2.34. The summed E-state index contributed by atoms with van der Waals surface area (Å²) in [4.78, 5) is 14.6. The summed E-state index contributed by atoms with van der Waals surface area (Å²) in [5.41, 5.74) is 1.68. The number of rotatable bonds is 5. The van der Waals surface area contributed by atoms with Crippen molar-refractivity contribution in [3.8, 4) is 11.5 Å². The summed E-state index contributed by atoms with van der Waals surface area (Å²) in [6, 6.07) is 12.7. The summed E-state index contributed by atoms with van der Waals surface area (Å²) in [5, 5.41) is 21.5. The molecular formula is C25H27NO5. The summed E-state index contributed by atoms with van der Waals surface area (Å²) in [7, 11) is 1.96. The third kappa shape index (κ3) is 4.50. The first kappa shape index (κ1) is 21.2. The lowest BCUT2D eigenvalue weighted by atomic mass is 9.85. The number of benzene rings is 2. The highest BCUT2D eigenvalue weighted by atomic mass is 16.5. The number of phenolic OH excluding ortho intramolecular Hbond substituents is 1. The zero-order valence-corrected chi connectivity index (χ0v) is 17.7. The van der Waals surface area contributed by atoms with E-state index in [0.717, 1.165) is 12.1 Å². The van der Waals surface area contributed by atoms with Crippen molar-refractivity contribution in [3.05, 3.63) is 75.7 Å². The average molecular weight is 421 g/mol. The number of aromatic hydroxyl groups is 1. The number of likely N-dealkylation sites (tertiary alicyclic amines) is 1. The monoisotopic (exact) mass is 421 g/mol. The minimum absolute atomic E-state index is 0.124. The molecule has 2 N–H and O–H groups in total. The predicted octanol–water partition coefficient (Wildman–Crippen LogP) is 3.68. The Balaban J connectivity index is 1.75. The molecule has 2 atom stereocenters. The molecule has 1 fully saturated rings. The number of aliphatic hydroxyl groups excluding tert-OH is 1. The van der Waals surface area contributed by atoms with Crippen LogP contribution in [0.3, 0.4) is 0 Å². The van der Waals surface area contributed by atoms with Crippen LogP contribution in [-0.2, 0) is 0 Å². The molecule has 162 valence electrons. The molecule has 2 heterocycles. The predicted molar refractivity (Wildman–Crippen MR) is 121 cm³/mol. The molecule has 0 amide bonds. The van der Waals surface area contributed by atoms with E-state index in [1.807, 2.05) is 49.5 Å². The fourth-order valence-corrected chi connectivity index (χ4v) is 4.21. The van der Waals surface area contributed by atoms with Crippen LogP contribution in [0.25, 0.3) is 17.0 Å². The maximum atomic E-state index is 12.6. The van der Waals surface area contributed by atoms with E-state index >= 15 is 0 Å². The Morgan fingerprint density at radius 2 is 2.03 bits per heavy atom. The van der Waals surface area contributed by atoms with Gasteiger partial charge in [0.15, 0.2) is 5.43 Å². The highest BCUT2D eigenvalue weighted by molar-refractivity contribution is 5.88. The number of likely N-dealkylation sites (N-methyl/N-ethyl adjacent to an activating group) is 1. The maximum absolute atomic E-state index is 12.6. The fraction of sp³-hybridized carbons (Fsp3) is 0.320. The number of ether oxygens (including phenoxy) is 1. The van der Waals surface area contributed by atoms with E-state index in [-0.39, 0.29) is 29.1 Å². The van der Waals surface area contributed by atoms with Crippen LogP contribution in [0.5, 0.6) is 11.5 Å². The molecule has 6 nitrogen and oxygen atoms in total. The summed E-state index contributed by atoms with van der Waals surface area (Å²) in [6.45, 7) is 3.28. The smallest absolute Gasteiger partial charge is 0.196 e. The van der Waals surface area contributed by atoms with Gasteiger partial charge in [0.1, 0.15) is 34.8 Å². The summed E-state index contributed by atoms with van der Waals surface area (Å²) in [6.07, 6.45) is 3.89. The molecule has 31 heavy (non-hydrogen) atoms. The highest BCUT2D eigenvalue weighted by Gasteiger charge is 2.33. The first-order chi connectivity index (χ1) is 14.9. The van der Waals surface area contributed by atoms with Gasteiger partial charge in [-0.15, -0.1) is 0 Å². The first-order valence-electron chi connectivity index (χ1n) is 10.5. The van der Waals surface area contributed by atoms with Crippen LogP contribution in [0, 0.1) is 6.92 Å². The number of hydrogen-bond acceptors (Lipinski definition) is 6. The highest BCUT2D eigenvalue weighted by Crippen LogP contribution is 2.42. The standard InChI is InChI=1S/C25H27NO5/c1-16-13-19(27)24-20(28)14-22(30-12-6-9-17-7-4-3-5-8-17)23(25(24)31-16)18-10-11-26(2)15-21(18)29/h3-9,13-14,18,21,28-29H,10-12,15H2,1-2H3/b9-6+. The Morgan fingerprint density at radius 1 is 1.26 bits per heavy atom. The molecule has 0 saturated carbocycles. The Labute approximate surface area is 181 Å². The molecule has 0 aliphatic carbocycles. The molecule has 0 spiro atoms. The van der Waals surface area contributed by atoms with Crippen LogP contribution in [0.2, 0.25) is 0 Å². The molecule has 1 saturated heterocycles. The number of fused-ring (bicyclic) bond motifs is 1. The average Bonchev–Trinajstić information content (AvgIpc) is 2.72. The normalized spacial score (nSPS) is 19.8. The van der Waals surface area contributed by atoms with E-state index in [0.29, 0.717) is 35.6 Å². The zero-order valence-electron chi connectivity index (χ0n) is 17.7. The van der Waals surface area contributed by atoms with E-state index in [2.05, 4.69) is 4.90 Å². The van der Waals surface area contributed by atoms with Crippen LogP contribution in [0.4, 0.5) is 0 Å². The van der Waals surface area contributed by atoms with Crippen molar-refractivity contribution in [1.82, 2.24) is 4.90 Å². The van der Waals surface area contributed by atoms with Crippen molar-refractivity contribution in [3.63, 3.8) is 0 Å². The van der Waals surface area contributed by atoms with Gasteiger partial charge in [-0.2, -0.15) is 0 Å². The second kappa shape index (κ2) is 8.96. The number of piperidine rings is 1. The molecule has 0 bridgehead atoms. The van der Waals surface area contributed by atoms with E-state index in [1.54, 1.807) is 6.92 Å². The minimum Gasteiger partial charge on any atom is -0.507 e. The van der Waals surface area contributed by atoms with E-state index in [9.17, 15) is 15.0 Å². The number of phenols is 1. The Bertz CT molecular complexity index is 1150. The fourth-order valence-electron chi connectivity index (χ4n) is 4.21. The van der Waals surface area contributed by atoms with Crippen LogP contribution in [0.15, 0.2) is 57.8 Å². The topological polar surface area (TPSA) is 83.1 Å². The van der Waals surface area contributed by atoms with Crippen molar-refractivity contribution in [2.75, 3.05) is 26.7 Å². The van der Waals surface area contributed by atoms with Gasteiger partial charge in [0, 0.05) is 30.2 Å². The molecule has 1 aromatic heterocycles. The molecule has 1 aliphatic rings. The molecule has 2 aromatic carbocycles. The largest absolute Gasteiger partial charge is 0.507 e. The quantitative estimate of drug-likeness (QED) is 0.654. The van der Waals surface area contributed by atoms with Crippen molar-refractivity contribution in [2.45, 2.75) is 25.4 Å².